The molecular formula is C17H27NO2. The quantitative estimate of drug-likeness (QED) is 0.791. The first-order chi connectivity index (χ1) is 9.85. The molecule has 3 nitrogen and oxygen atoms in total. The molecule has 0 bridgehead atoms. The number of nitrogens with one attached hydrogen (secondary N) is 1. The molecule has 0 amide bonds. The molecule has 3 atom stereocenters. The molecule has 0 aliphatic carbocycles. The number of benzene rings is 1. The van der Waals surface area contributed by atoms with Gasteiger partial charge in [0.2, 0.25) is 0 Å². The van der Waals surface area contributed by atoms with Gasteiger partial charge >= 0.3 is 0 Å². The van der Waals surface area contributed by atoms with Crippen molar-refractivity contribution in [3.8, 4) is 0 Å². The molecule has 1 saturated heterocycles. The van der Waals surface area contributed by atoms with Crippen LogP contribution in [-0.2, 0) is 9.47 Å². The molecule has 1 N–H and O–H groups in total. The highest BCUT2D eigenvalue weighted by Crippen LogP contribution is 2.23. The van der Waals surface area contributed by atoms with Crippen LogP contribution < -0.4 is 5.32 Å². The summed E-state index contributed by atoms with van der Waals surface area (Å²) in [5.41, 5.74) is 1.30. The van der Waals surface area contributed by atoms with Gasteiger partial charge in [-0.1, -0.05) is 44.2 Å². The van der Waals surface area contributed by atoms with Crippen molar-refractivity contribution in [3.05, 3.63) is 35.9 Å². The maximum atomic E-state index is 6.16. The summed E-state index contributed by atoms with van der Waals surface area (Å²) in [6.45, 7) is 6.88. The molecule has 0 aromatic heterocycles. The fraction of sp³-hybridized carbons (Fsp3) is 0.647. The molecular weight excluding hydrogens is 250 g/mol. The zero-order valence-electron chi connectivity index (χ0n) is 12.7. The summed E-state index contributed by atoms with van der Waals surface area (Å²) in [7, 11) is 0. The molecule has 20 heavy (non-hydrogen) atoms. The summed E-state index contributed by atoms with van der Waals surface area (Å²) in [5.74, 6) is 0. The van der Waals surface area contributed by atoms with Gasteiger partial charge in [0.15, 0.2) is 0 Å². The fourth-order valence-electron chi connectivity index (χ4n) is 2.80. The van der Waals surface area contributed by atoms with Crippen LogP contribution >= 0.6 is 0 Å². The first-order valence-corrected chi connectivity index (χ1v) is 7.86. The number of ether oxygens (including phenoxy) is 2. The van der Waals surface area contributed by atoms with Crippen molar-refractivity contribution in [1.29, 1.82) is 0 Å². The number of hydrogen-bond donors (Lipinski definition) is 1. The molecule has 1 heterocycles. The van der Waals surface area contributed by atoms with Crippen molar-refractivity contribution in [3.63, 3.8) is 0 Å². The third kappa shape index (κ3) is 4.30. The Hall–Kier alpha value is -0.900. The third-order valence-corrected chi connectivity index (χ3v) is 3.88. The Labute approximate surface area is 122 Å². The average molecular weight is 277 g/mol. The van der Waals surface area contributed by atoms with Gasteiger partial charge in [-0.05, 0) is 31.4 Å². The summed E-state index contributed by atoms with van der Waals surface area (Å²) >= 11 is 0. The SMILES string of the molecule is CCNC(c1ccccc1)C(CC)OCC1CCCO1. The standard InChI is InChI=1S/C17H27NO2/c1-3-16(20-13-15-11-8-12-19-15)17(18-4-2)14-9-6-5-7-10-14/h5-7,9-10,15-18H,3-4,8,11-13H2,1-2H3. The van der Waals surface area contributed by atoms with E-state index in [2.05, 4.69) is 49.5 Å². The van der Waals surface area contributed by atoms with Gasteiger partial charge in [0.1, 0.15) is 0 Å². The van der Waals surface area contributed by atoms with Crippen LogP contribution in [0.4, 0.5) is 0 Å². The zero-order valence-corrected chi connectivity index (χ0v) is 12.7. The summed E-state index contributed by atoms with van der Waals surface area (Å²) in [6, 6.07) is 10.8. The molecule has 1 fully saturated rings. The largest absolute Gasteiger partial charge is 0.376 e. The van der Waals surface area contributed by atoms with E-state index in [-0.39, 0.29) is 12.1 Å². The minimum absolute atomic E-state index is 0.196. The van der Waals surface area contributed by atoms with Crippen molar-refractivity contribution >= 4 is 0 Å². The number of rotatable bonds is 8. The van der Waals surface area contributed by atoms with Gasteiger partial charge in [0.05, 0.1) is 24.9 Å². The second-order valence-corrected chi connectivity index (χ2v) is 5.36. The zero-order chi connectivity index (χ0) is 14.2. The van der Waals surface area contributed by atoms with Gasteiger partial charge in [0.25, 0.3) is 0 Å². The van der Waals surface area contributed by atoms with E-state index in [9.17, 15) is 0 Å². The Balaban J connectivity index is 1.97. The van der Waals surface area contributed by atoms with Crippen molar-refractivity contribution < 1.29 is 9.47 Å². The van der Waals surface area contributed by atoms with E-state index in [1.54, 1.807) is 0 Å². The summed E-state index contributed by atoms with van der Waals surface area (Å²) in [4.78, 5) is 0. The summed E-state index contributed by atoms with van der Waals surface area (Å²) in [5, 5.41) is 3.56. The van der Waals surface area contributed by atoms with E-state index in [1.807, 2.05) is 0 Å². The van der Waals surface area contributed by atoms with Crippen molar-refractivity contribution in [2.75, 3.05) is 19.8 Å². The van der Waals surface area contributed by atoms with Crippen LogP contribution in [0.15, 0.2) is 30.3 Å². The third-order valence-electron chi connectivity index (χ3n) is 3.88. The first-order valence-electron chi connectivity index (χ1n) is 7.86. The van der Waals surface area contributed by atoms with Crippen LogP contribution in [0, 0.1) is 0 Å². The molecule has 0 saturated carbocycles. The van der Waals surface area contributed by atoms with Gasteiger partial charge in [-0.15, -0.1) is 0 Å². The maximum Gasteiger partial charge on any atom is 0.0809 e. The van der Waals surface area contributed by atoms with Crippen LogP contribution in [0.25, 0.3) is 0 Å². The molecule has 1 aliphatic rings. The minimum Gasteiger partial charge on any atom is -0.376 e. The molecule has 1 aromatic rings. The second-order valence-electron chi connectivity index (χ2n) is 5.36. The summed E-state index contributed by atoms with van der Waals surface area (Å²) < 4.78 is 11.8. The topological polar surface area (TPSA) is 30.5 Å². The van der Waals surface area contributed by atoms with Crippen LogP contribution in [0.2, 0.25) is 0 Å². The lowest BCUT2D eigenvalue weighted by Crippen LogP contribution is -2.35. The van der Waals surface area contributed by atoms with E-state index in [0.29, 0.717) is 12.7 Å². The van der Waals surface area contributed by atoms with Gasteiger partial charge in [-0.25, -0.2) is 0 Å². The molecule has 3 heteroatoms. The van der Waals surface area contributed by atoms with Crippen molar-refractivity contribution in [2.24, 2.45) is 0 Å². The Bertz CT molecular complexity index is 363. The Morgan fingerprint density at radius 1 is 1.30 bits per heavy atom. The predicted octanol–water partition coefficient (Wildman–Crippen LogP) is 3.31. The smallest absolute Gasteiger partial charge is 0.0809 e. The number of likely N-dealkylation sites (N-methyl/N-ethyl adjacent to an activating group) is 1. The van der Waals surface area contributed by atoms with Crippen LogP contribution in [0.5, 0.6) is 0 Å². The highest BCUT2D eigenvalue weighted by molar-refractivity contribution is 5.20. The molecule has 1 aromatic carbocycles. The van der Waals surface area contributed by atoms with E-state index >= 15 is 0 Å². The van der Waals surface area contributed by atoms with Crippen molar-refractivity contribution in [2.45, 2.75) is 51.4 Å². The molecule has 3 unspecified atom stereocenters. The van der Waals surface area contributed by atoms with Gasteiger partial charge < -0.3 is 14.8 Å². The molecule has 1 aliphatic heterocycles. The van der Waals surface area contributed by atoms with Gasteiger partial charge in [0, 0.05) is 6.61 Å². The maximum absolute atomic E-state index is 6.16. The van der Waals surface area contributed by atoms with E-state index < -0.39 is 0 Å². The highest BCUT2D eigenvalue weighted by atomic mass is 16.5. The molecule has 0 radical (unpaired) electrons. The van der Waals surface area contributed by atoms with E-state index in [4.69, 9.17) is 9.47 Å². The minimum atomic E-state index is 0.196. The van der Waals surface area contributed by atoms with Crippen LogP contribution in [-0.4, -0.2) is 32.0 Å². The molecule has 112 valence electrons. The monoisotopic (exact) mass is 277 g/mol. The first kappa shape index (κ1) is 15.5. The Morgan fingerprint density at radius 2 is 2.10 bits per heavy atom. The lowest BCUT2D eigenvalue weighted by Gasteiger charge is -2.28. The van der Waals surface area contributed by atoms with Crippen molar-refractivity contribution in [1.82, 2.24) is 5.32 Å². The number of hydrogen-bond acceptors (Lipinski definition) is 3. The van der Waals surface area contributed by atoms with Crippen LogP contribution in [0.1, 0.15) is 44.7 Å². The Kier molecular flexibility index (Phi) is 6.51. The van der Waals surface area contributed by atoms with Crippen LogP contribution in [0.3, 0.4) is 0 Å². The van der Waals surface area contributed by atoms with Gasteiger partial charge in [-0.3, -0.25) is 0 Å². The molecule has 2 rings (SSSR count). The normalized spacial score (nSPS) is 21.8. The van der Waals surface area contributed by atoms with E-state index in [1.165, 1.54) is 12.0 Å². The molecule has 0 spiro atoms. The Morgan fingerprint density at radius 3 is 2.70 bits per heavy atom. The average Bonchev–Trinajstić information content (AvgIpc) is 3.01. The fourth-order valence-corrected chi connectivity index (χ4v) is 2.80. The van der Waals surface area contributed by atoms with Gasteiger partial charge in [-0.2, -0.15) is 0 Å². The van der Waals surface area contributed by atoms with E-state index in [0.717, 1.165) is 26.0 Å². The predicted molar refractivity (Wildman–Crippen MR) is 81.9 cm³/mol. The highest BCUT2D eigenvalue weighted by Gasteiger charge is 2.24. The second kappa shape index (κ2) is 8.40. The lowest BCUT2D eigenvalue weighted by atomic mass is 9.99. The lowest BCUT2D eigenvalue weighted by molar-refractivity contribution is -0.0354. The summed E-state index contributed by atoms with van der Waals surface area (Å²) in [6.07, 6.45) is 3.79.